The van der Waals surface area contributed by atoms with E-state index < -0.39 is 14.6 Å². The van der Waals surface area contributed by atoms with Crippen LogP contribution in [0.2, 0.25) is 0 Å². The van der Waals surface area contributed by atoms with Gasteiger partial charge >= 0.3 is 0 Å². The van der Waals surface area contributed by atoms with E-state index in [0.717, 1.165) is 12.2 Å². The predicted molar refractivity (Wildman–Crippen MR) is 68.7 cm³/mol. The van der Waals surface area contributed by atoms with E-state index in [1.165, 1.54) is 6.26 Å². The molecule has 1 rings (SSSR count). The van der Waals surface area contributed by atoms with Crippen molar-refractivity contribution in [1.82, 2.24) is 5.32 Å². The molecule has 0 spiro atoms. The smallest absolute Gasteiger partial charge is 0.153 e. The van der Waals surface area contributed by atoms with Crippen LogP contribution in [-0.4, -0.2) is 26.0 Å². The largest absolute Gasteiger partial charge is 0.468 e. The summed E-state index contributed by atoms with van der Waals surface area (Å²) >= 11 is 0. The molecule has 1 N–H and O–H groups in total. The third-order valence-electron chi connectivity index (χ3n) is 3.07. The van der Waals surface area contributed by atoms with Crippen LogP contribution in [0.4, 0.5) is 0 Å². The predicted octanol–water partition coefficient (Wildman–Crippen LogP) is 2.14. The van der Waals surface area contributed by atoms with Crippen molar-refractivity contribution in [3.05, 3.63) is 24.2 Å². The molecule has 0 radical (unpaired) electrons. The van der Waals surface area contributed by atoms with Gasteiger partial charge in [0.15, 0.2) is 9.84 Å². The average molecular weight is 259 g/mol. The number of hydrogen-bond donors (Lipinski definition) is 1. The second-order valence-electron chi connectivity index (χ2n) is 4.89. The van der Waals surface area contributed by atoms with Crippen molar-refractivity contribution in [2.75, 3.05) is 12.8 Å². The minimum absolute atomic E-state index is 0.0611. The van der Waals surface area contributed by atoms with Crippen LogP contribution in [0, 0.1) is 0 Å². The van der Waals surface area contributed by atoms with Crippen LogP contribution in [0.5, 0.6) is 0 Å². The van der Waals surface area contributed by atoms with Gasteiger partial charge in [0, 0.05) is 12.8 Å². The van der Waals surface area contributed by atoms with E-state index in [9.17, 15) is 8.42 Å². The lowest BCUT2D eigenvalue weighted by atomic mass is 10.1. The Hall–Kier alpha value is -0.810. The fourth-order valence-corrected chi connectivity index (χ4v) is 1.78. The van der Waals surface area contributed by atoms with Crippen molar-refractivity contribution >= 4 is 9.84 Å². The number of furan rings is 1. The quantitative estimate of drug-likeness (QED) is 0.850. The van der Waals surface area contributed by atoms with Crippen molar-refractivity contribution in [3.63, 3.8) is 0 Å². The van der Waals surface area contributed by atoms with E-state index >= 15 is 0 Å². The molecule has 0 aliphatic rings. The van der Waals surface area contributed by atoms with Crippen molar-refractivity contribution in [2.24, 2.45) is 0 Å². The van der Waals surface area contributed by atoms with Crippen LogP contribution in [0.25, 0.3) is 0 Å². The Labute approximate surface area is 103 Å². The summed E-state index contributed by atoms with van der Waals surface area (Å²) in [6.07, 6.45) is 3.75. The van der Waals surface area contributed by atoms with E-state index in [4.69, 9.17) is 4.42 Å². The maximum absolute atomic E-state index is 11.6. The molecule has 0 saturated carbocycles. The van der Waals surface area contributed by atoms with Crippen LogP contribution in [0.15, 0.2) is 22.8 Å². The molecular weight excluding hydrogens is 238 g/mol. The first-order valence-electron chi connectivity index (χ1n) is 5.74. The molecule has 0 saturated heterocycles. The van der Waals surface area contributed by atoms with Gasteiger partial charge < -0.3 is 9.73 Å². The maximum Gasteiger partial charge on any atom is 0.153 e. The zero-order valence-corrected chi connectivity index (χ0v) is 11.7. The summed E-state index contributed by atoms with van der Waals surface area (Å²) in [5.74, 6) is 0.844. The molecule has 0 aliphatic carbocycles. The van der Waals surface area contributed by atoms with Crippen LogP contribution in [0.1, 0.15) is 39.0 Å². The lowest BCUT2D eigenvalue weighted by Crippen LogP contribution is -2.42. The standard InChI is InChI=1S/C12H21NO3S/c1-5-10(11-7-6-8-16-11)13-9-12(2,3)17(4,14)15/h6-8,10,13H,5,9H2,1-4H3. The van der Waals surface area contributed by atoms with Gasteiger partial charge in [-0.15, -0.1) is 0 Å². The summed E-state index contributed by atoms with van der Waals surface area (Å²) < 4.78 is 27.7. The molecule has 0 fully saturated rings. The minimum atomic E-state index is -3.07. The first-order chi connectivity index (χ1) is 7.78. The molecule has 5 heteroatoms. The number of rotatable bonds is 6. The normalized spacial score (nSPS) is 14.8. The van der Waals surface area contributed by atoms with E-state index in [1.807, 2.05) is 19.1 Å². The Morgan fingerprint density at radius 3 is 2.53 bits per heavy atom. The Kier molecular flexibility index (Phi) is 4.38. The molecule has 0 amide bonds. The molecule has 1 atom stereocenters. The topological polar surface area (TPSA) is 59.3 Å². The first-order valence-corrected chi connectivity index (χ1v) is 7.63. The Bertz CT molecular complexity index is 434. The van der Waals surface area contributed by atoms with Gasteiger partial charge in [-0.1, -0.05) is 6.92 Å². The molecule has 0 aromatic carbocycles. The molecular formula is C12H21NO3S. The summed E-state index contributed by atoms with van der Waals surface area (Å²) in [6, 6.07) is 3.79. The van der Waals surface area contributed by atoms with Crippen molar-refractivity contribution in [2.45, 2.75) is 38.0 Å². The highest BCUT2D eigenvalue weighted by Crippen LogP contribution is 2.20. The summed E-state index contributed by atoms with van der Waals surface area (Å²) in [7, 11) is -3.07. The molecule has 0 aliphatic heterocycles. The van der Waals surface area contributed by atoms with Gasteiger partial charge in [-0.3, -0.25) is 0 Å². The fraction of sp³-hybridized carbons (Fsp3) is 0.667. The summed E-state index contributed by atoms with van der Waals surface area (Å²) in [5, 5.41) is 3.25. The average Bonchev–Trinajstić information content (AvgIpc) is 2.70. The monoisotopic (exact) mass is 259 g/mol. The third kappa shape index (κ3) is 3.57. The number of sulfone groups is 1. The molecule has 1 unspecified atom stereocenters. The lowest BCUT2D eigenvalue weighted by Gasteiger charge is -2.25. The van der Waals surface area contributed by atoms with Gasteiger partial charge in [0.05, 0.1) is 17.1 Å². The van der Waals surface area contributed by atoms with Crippen molar-refractivity contribution in [1.29, 1.82) is 0 Å². The van der Waals surface area contributed by atoms with Gasteiger partial charge in [0.25, 0.3) is 0 Å². The molecule has 4 nitrogen and oxygen atoms in total. The molecule has 1 aromatic rings. The van der Waals surface area contributed by atoms with Crippen LogP contribution >= 0.6 is 0 Å². The molecule has 98 valence electrons. The molecule has 1 aromatic heterocycles. The van der Waals surface area contributed by atoms with Gasteiger partial charge in [0.1, 0.15) is 5.76 Å². The lowest BCUT2D eigenvalue weighted by molar-refractivity contribution is 0.389. The second kappa shape index (κ2) is 5.23. The van der Waals surface area contributed by atoms with Crippen molar-refractivity contribution < 1.29 is 12.8 Å². The molecule has 17 heavy (non-hydrogen) atoms. The Morgan fingerprint density at radius 1 is 1.47 bits per heavy atom. The van der Waals surface area contributed by atoms with E-state index in [-0.39, 0.29) is 6.04 Å². The Balaban J connectivity index is 2.67. The maximum atomic E-state index is 11.6. The number of nitrogens with one attached hydrogen (secondary N) is 1. The van der Waals surface area contributed by atoms with Crippen LogP contribution in [0.3, 0.4) is 0 Å². The summed E-state index contributed by atoms with van der Waals surface area (Å²) in [6.45, 7) is 5.90. The SMILES string of the molecule is CCC(NCC(C)(C)S(C)(=O)=O)c1ccco1. The highest BCUT2D eigenvalue weighted by molar-refractivity contribution is 7.92. The van der Waals surface area contributed by atoms with Crippen molar-refractivity contribution in [3.8, 4) is 0 Å². The highest BCUT2D eigenvalue weighted by Gasteiger charge is 2.30. The fourth-order valence-electron chi connectivity index (χ4n) is 1.44. The highest BCUT2D eigenvalue weighted by atomic mass is 32.2. The minimum Gasteiger partial charge on any atom is -0.468 e. The number of hydrogen-bond acceptors (Lipinski definition) is 4. The van der Waals surface area contributed by atoms with Crippen LogP contribution < -0.4 is 5.32 Å². The van der Waals surface area contributed by atoms with E-state index in [2.05, 4.69) is 5.32 Å². The van der Waals surface area contributed by atoms with Gasteiger partial charge in [-0.25, -0.2) is 8.42 Å². The summed E-state index contributed by atoms with van der Waals surface area (Å²) in [5.41, 5.74) is 0. The Morgan fingerprint density at radius 2 is 2.12 bits per heavy atom. The van der Waals surface area contributed by atoms with Gasteiger partial charge in [-0.2, -0.15) is 0 Å². The third-order valence-corrected chi connectivity index (χ3v) is 5.22. The first kappa shape index (κ1) is 14.3. The zero-order chi connectivity index (χ0) is 13.1. The van der Waals surface area contributed by atoms with Crippen LogP contribution in [-0.2, 0) is 9.84 Å². The molecule has 1 heterocycles. The van der Waals surface area contributed by atoms with Gasteiger partial charge in [0.2, 0.25) is 0 Å². The van der Waals surface area contributed by atoms with Gasteiger partial charge in [-0.05, 0) is 32.4 Å². The zero-order valence-electron chi connectivity index (χ0n) is 10.9. The summed E-state index contributed by atoms with van der Waals surface area (Å²) in [4.78, 5) is 0. The van der Waals surface area contributed by atoms with E-state index in [0.29, 0.717) is 6.54 Å². The second-order valence-corrected chi connectivity index (χ2v) is 7.54. The van der Waals surface area contributed by atoms with E-state index in [1.54, 1.807) is 20.1 Å². The molecule has 0 bridgehead atoms.